The second-order valence-electron chi connectivity index (χ2n) is 8.39. The highest BCUT2D eigenvalue weighted by Gasteiger charge is 2.35. The summed E-state index contributed by atoms with van der Waals surface area (Å²) in [5.74, 6) is 0.0365. The lowest BCUT2D eigenvalue weighted by atomic mass is 9.94. The molecule has 1 fully saturated rings. The van der Waals surface area contributed by atoms with Crippen LogP contribution in [-0.2, 0) is 4.79 Å². The maximum atomic E-state index is 13.5. The van der Waals surface area contributed by atoms with Gasteiger partial charge < -0.3 is 0 Å². The van der Waals surface area contributed by atoms with Crippen LogP contribution < -0.4 is 0 Å². The maximum Gasteiger partial charge on any atom is 0.257 e. The molecule has 0 aromatic heterocycles. The van der Waals surface area contributed by atoms with Gasteiger partial charge in [-0.05, 0) is 43.1 Å². The van der Waals surface area contributed by atoms with Crippen LogP contribution in [0.3, 0.4) is 0 Å². The summed E-state index contributed by atoms with van der Waals surface area (Å²) in [4.78, 5) is 15.8. The molecule has 4 rings (SSSR count). The van der Waals surface area contributed by atoms with Crippen LogP contribution in [0.5, 0.6) is 0 Å². The van der Waals surface area contributed by atoms with Gasteiger partial charge in [-0.1, -0.05) is 79.7 Å². The third-order valence-electron chi connectivity index (χ3n) is 6.44. The zero-order chi connectivity index (χ0) is 21.8. The van der Waals surface area contributed by atoms with Crippen LogP contribution in [0.15, 0.2) is 53.6 Å². The molecule has 31 heavy (non-hydrogen) atoms. The fraction of sp³-hybridized carbons (Fsp3) is 0.440. The second-order valence-corrected chi connectivity index (χ2v) is 9.23. The largest absolute Gasteiger partial charge is 0.292 e. The molecule has 1 amide bonds. The number of hydrogen-bond donors (Lipinski definition) is 0. The van der Waals surface area contributed by atoms with E-state index >= 15 is 0 Å². The van der Waals surface area contributed by atoms with Gasteiger partial charge in [0, 0.05) is 28.1 Å². The Morgan fingerprint density at radius 2 is 1.77 bits per heavy atom. The summed E-state index contributed by atoms with van der Waals surface area (Å²) in [5.41, 5.74) is 2.77. The molecule has 0 saturated heterocycles. The van der Waals surface area contributed by atoms with E-state index in [1.165, 1.54) is 32.1 Å². The van der Waals surface area contributed by atoms with E-state index in [0.29, 0.717) is 29.1 Å². The summed E-state index contributed by atoms with van der Waals surface area (Å²) in [7, 11) is 0. The van der Waals surface area contributed by atoms with Crippen molar-refractivity contribution in [2.24, 2.45) is 5.10 Å². The van der Waals surface area contributed by atoms with Gasteiger partial charge in [-0.25, -0.2) is 5.01 Å². The number of likely N-dealkylation sites (N-methyl/N-ethyl adjacent to an activating group) is 1. The van der Waals surface area contributed by atoms with Crippen LogP contribution in [-0.4, -0.2) is 40.7 Å². The number of amides is 1. The van der Waals surface area contributed by atoms with E-state index in [1.54, 1.807) is 5.01 Å². The maximum absolute atomic E-state index is 13.5. The molecule has 1 aliphatic heterocycles. The molecule has 1 saturated carbocycles. The van der Waals surface area contributed by atoms with Gasteiger partial charge in [0.2, 0.25) is 0 Å². The first-order valence-electron chi connectivity index (χ1n) is 11.2. The zero-order valence-electron chi connectivity index (χ0n) is 17.9. The Labute approximate surface area is 194 Å². The van der Waals surface area contributed by atoms with Gasteiger partial charge in [-0.3, -0.25) is 9.69 Å². The van der Waals surface area contributed by atoms with Gasteiger partial charge in [0.05, 0.1) is 18.3 Å². The monoisotopic (exact) mass is 457 g/mol. The summed E-state index contributed by atoms with van der Waals surface area (Å²) in [5, 5.41) is 7.80. The summed E-state index contributed by atoms with van der Waals surface area (Å²) in [6.07, 6.45) is 6.79. The topological polar surface area (TPSA) is 35.9 Å². The van der Waals surface area contributed by atoms with E-state index in [2.05, 4.69) is 11.8 Å². The third kappa shape index (κ3) is 5.14. The molecule has 2 aliphatic rings. The molecule has 0 N–H and O–H groups in total. The summed E-state index contributed by atoms with van der Waals surface area (Å²) < 4.78 is 0. The fourth-order valence-corrected chi connectivity index (χ4v) is 5.11. The third-order valence-corrected chi connectivity index (χ3v) is 7.02. The van der Waals surface area contributed by atoms with Crippen LogP contribution in [0.4, 0.5) is 0 Å². The van der Waals surface area contributed by atoms with Crippen molar-refractivity contribution in [2.75, 3.05) is 13.1 Å². The van der Waals surface area contributed by atoms with Crippen molar-refractivity contribution in [1.29, 1.82) is 0 Å². The number of carbonyl (C=O) groups excluding carboxylic acids is 1. The van der Waals surface area contributed by atoms with Gasteiger partial charge >= 0.3 is 0 Å². The molecule has 0 bridgehead atoms. The SMILES string of the molecule is CCN(CC(=O)N1N=C(c2ccccc2Cl)CC1c1ccc(Cl)cc1)C1CCCCC1. The number of carbonyl (C=O) groups is 1. The minimum atomic E-state index is -0.152. The van der Waals surface area contributed by atoms with Gasteiger partial charge in [-0.15, -0.1) is 0 Å². The first kappa shape index (κ1) is 22.3. The van der Waals surface area contributed by atoms with Crippen LogP contribution in [0.1, 0.15) is 62.6 Å². The van der Waals surface area contributed by atoms with Crippen molar-refractivity contribution in [2.45, 2.75) is 57.5 Å². The van der Waals surface area contributed by atoms with Crippen LogP contribution in [0.2, 0.25) is 10.0 Å². The van der Waals surface area contributed by atoms with E-state index in [9.17, 15) is 4.79 Å². The van der Waals surface area contributed by atoms with Gasteiger partial charge in [0.25, 0.3) is 5.91 Å². The lowest BCUT2D eigenvalue weighted by Crippen LogP contribution is -2.44. The summed E-state index contributed by atoms with van der Waals surface area (Å²) >= 11 is 12.5. The smallest absolute Gasteiger partial charge is 0.257 e. The van der Waals surface area contributed by atoms with E-state index in [0.717, 1.165) is 23.4 Å². The number of hydrazone groups is 1. The average Bonchev–Trinajstić information content (AvgIpc) is 3.24. The number of benzene rings is 2. The molecular formula is C25H29Cl2N3O. The molecule has 4 nitrogen and oxygen atoms in total. The molecule has 2 aromatic rings. The predicted octanol–water partition coefficient (Wildman–Crippen LogP) is 6.33. The van der Waals surface area contributed by atoms with Crippen LogP contribution in [0, 0.1) is 0 Å². The summed E-state index contributed by atoms with van der Waals surface area (Å²) in [6, 6.07) is 15.7. The highest BCUT2D eigenvalue weighted by atomic mass is 35.5. The lowest BCUT2D eigenvalue weighted by molar-refractivity contribution is -0.135. The Balaban J connectivity index is 1.60. The molecule has 2 aromatic carbocycles. The van der Waals surface area contributed by atoms with Crippen molar-refractivity contribution < 1.29 is 4.79 Å². The molecule has 1 aliphatic carbocycles. The Kier molecular flexibility index (Phi) is 7.31. The Bertz CT molecular complexity index is 938. The van der Waals surface area contributed by atoms with Gasteiger partial charge in [0.15, 0.2) is 0 Å². The Morgan fingerprint density at radius 1 is 1.06 bits per heavy atom. The quantitative estimate of drug-likeness (QED) is 0.508. The van der Waals surface area contributed by atoms with Crippen LogP contribution in [0.25, 0.3) is 0 Å². The minimum absolute atomic E-state index is 0.0365. The van der Waals surface area contributed by atoms with Crippen LogP contribution >= 0.6 is 23.2 Å². The van der Waals surface area contributed by atoms with Crippen molar-refractivity contribution in [3.63, 3.8) is 0 Å². The molecular weight excluding hydrogens is 429 g/mol. The molecule has 0 spiro atoms. The van der Waals surface area contributed by atoms with Crippen molar-refractivity contribution in [3.05, 3.63) is 69.7 Å². The standard InChI is InChI=1S/C25H29Cl2N3O/c1-2-29(20-8-4-3-5-9-20)17-25(31)30-24(18-12-14-19(26)15-13-18)16-23(28-30)21-10-6-7-11-22(21)27/h6-7,10-15,20,24H,2-5,8-9,16-17H2,1H3. The van der Waals surface area contributed by atoms with Gasteiger partial charge in [-0.2, -0.15) is 5.10 Å². The minimum Gasteiger partial charge on any atom is -0.292 e. The first-order chi connectivity index (χ1) is 15.1. The Hall–Kier alpha value is -1.88. The van der Waals surface area contributed by atoms with Crippen molar-refractivity contribution >= 4 is 34.8 Å². The normalized spacial score (nSPS) is 19.7. The number of rotatable bonds is 6. The van der Waals surface area contributed by atoms with Gasteiger partial charge in [0.1, 0.15) is 0 Å². The summed E-state index contributed by atoms with van der Waals surface area (Å²) in [6.45, 7) is 3.41. The van der Waals surface area contributed by atoms with E-state index in [1.807, 2.05) is 48.5 Å². The average molecular weight is 458 g/mol. The molecule has 0 radical (unpaired) electrons. The zero-order valence-corrected chi connectivity index (χ0v) is 19.4. The number of halogens is 2. The van der Waals surface area contributed by atoms with Crippen molar-refractivity contribution in [3.8, 4) is 0 Å². The molecule has 1 unspecified atom stereocenters. The number of hydrogen-bond acceptors (Lipinski definition) is 3. The highest BCUT2D eigenvalue weighted by Crippen LogP contribution is 2.35. The Morgan fingerprint density at radius 3 is 2.45 bits per heavy atom. The lowest BCUT2D eigenvalue weighted by Gasteiger charge is -2.34. The van der Waals surface area contributed by atoms with Crippen molar-refractivity contribution in [1.82, 2.24) is 9.91 Å². The second kappa shape index (κ2) is 10.2. The molecule has 1 atom stereocenters. The fourth-order valence-electron chi connectivity index (χ4n) is 4.73. The van der Waals surface area contributed by atoms with E-state index < -0.39 is 0 Å². The number of nitrogens with zero attached hydrogens (tertiary/aromatic N) is 3. The molecule has 1 heterocycles. The first-order valence-corrected chi connectivity index (χ1v) is 12.0. The molecule has 6 heteroatoms. The predicted molar refractivity (Wildman–Crippen MR) is 128 cm³/mol. The van der Waals surface area contributed by atoms with E-state index in [4.69, 9.17) is 28.3 Å². The molecule has 164 valence electrons. The highest BCUT2D eigenvalue weighted by molar-refractivity contribution is 6.34. The van der Waals surface area contributed by atoms with E-state index in [-0.39, 0.29) is 11.9 Å².